The van der Waals surface area contributed by atoms with E-state index in [2.05, 4.69) is 20.8 Å². The Hall–Kier alpha value is -1.35. The van der Waals surface area contributed by atoms with Crippen LogP contribution in [0.5, 0.6) is 0 Å². The molecular formula is C15H23NO2. The van der Waals surface area contributed by atoms with Gasteiger partial charge in [0.1, 0.15) is 0 Å². The standard InChI is InChI=1S/C15H23NO2/c1-15(2,3)9-11-18-14(17)13-7-5-4-6-12(13)8-10-16/h4-7H,8-11,16H2,1-3H3. The van der Waals surface area contributed by atoms with E-state index in [1.165, 1.54) is 0 Å². The van der Waals surface area contributed by atoms with Crippen LogP contribution in [0, 0.1) is 5.41 Å². The molecule has 0 spiro atoms. The molecule has 0 aromatic heterocycles. The molecule has 0 saturated carbocycles. The lowest BCUT2D eigenvalue weighted by atomic mass is 9.93. The average molecular weight is 249 g/mol. The van der Waals surface area contributed by atoms with Crippen molar-refractivity contribution in [2.45, 2.75) is 33.6 Å². The lowest BCUT2D eigenvalue weighted by Gasteiger charge is -2.17. The Morgan fingerprint density at radius 1 is 1.28 bits per heavy atom. The van der Waals surface area contributed by atoms with Gasteiger partial charge in [0.2, 0.25) is 0 Å². The Balaban J connectivity index is 2.61. The molecule has 0 saturated heterocycles. The minimum absolute atomic E-state index is 0.178. The lowest BCUT2D eigenvalue weighted by molar-refractivity contribution is 0.0463. The van der Waals surface area contributed by atoms with Crippen molar-refractivity contribution in [1.82, 2.24) is 0 Å². The van der Waals surface area contributed by atoms with E-state index in [1.807, 2.05) is 18.2 Å². The molecule has 0 aliphatic carbocycles. The lowest BCUT2D eigenvalue weighted by Crippen LogP contribution is -2.15. The molecule has 100 valence electrons. The first kappa shape index (κ1) is 14.7. The smallest absolute Gasteiger partial charge is 0.338 e. The van der Waals surface area contributed by atoms with Crippen molar-refractivity contribution in [3.05, 3.63) is 35.4 Å². The third kappa shape index (κ3) is 4.88. The highest BCUT2D eigenvalue weighted by Crippen LogP contribution is 2.19. The van der Waals surface area contributed by atoms with Gasteiger partial charge in [0, 0.05) is 0 Å². The monoisotopic (exact) mass is 249 g/mol. The van der Waals surface area contributed by atoms with Crippen LogP contribution in [-0.4, -0.2) is 19.1 Å². The van der Waals surface area contributed by atoms with E-state index in [0.717, 1.165) is 12.0 Å². The van der Waals surface area contributed by atoms with E-state index in [1.54, 1.807) is 6.07 Å². The molecule has 0 unspecified atom stereocenters. The topological polar surface area (TPSA) is 52.3 Å². The highest BCUT2D eigenvalue weighted by atomic mass is 16.5. The van der Waals surface area contributed by atoms with Crippen LogP contribution in [0.4, 0.5) is 0 Å². The summed E-state index contributed by atoms with van der Waals surface area (Å²) in [5.74, 6) is -0.247. The Labute approximate surface area is 109 Å². The first-order chi connectivity index (χ1) is 8.44. The van der Waals surface area contributed by atoms with Gasteiger partial charge in [-0.15, -0.1) is 0 Å². The quantitative estimate of drug-likeness (QED) is 0.816. The SMILES string of the molecule is CC(C)(C)CCOC(=O)c1ccccc1CCN. The molecule has 3 heteroatoms. The Kier molecular flexibility index (Phi) is 5.35. The highest BCUT2D eigenvalue weighted by Gasteiger charge is 2.14. The molecule has 18 heavy (non-hydrogen) atoms. The van der Waals surface area contributed by atoms with Gasteiger partial charge < -0.3 is 10.5 Å². The number of hydrogen-bond donors (Lipinski definition) is 1. The number of esters is 1. The molecule has 0 fully saturated rings. The fourth-order valence-corrected chi connectivity index (χ4v) is 1.62. The fraction of sp³-hybridized carbons (Fsp3) is 0.533. The maximum atomic E-state index is 12.0. The van der Waals surface area contributed by atoms with Crippen LogP contribution in [0.25, 0.3) is 0 Å². The molecule has 0 aliphatic heterocycles. The molecule has 1 aromatic carbocycles. The molecule has 0 atom stereocenters. The van der Waals surface area contributed by atoms with Gasteiger partial charge in [-0.3, -0.25) is 0 Å². The number of nitrogens with two attached hydrogens (primary N) is 1. The van der Waals surface area contributed by atoms with Gasteiger partial charge in [-0.2, -0.15) is 0 Å². The van der Waals surface area contributed by atoms with Crippen LogP contribution in [-0.2, 0) is 11.2 Å². The van der Waals surface area contributed by atoms with Gasteiger partial charge in [-0.05, 0) is 36.4 Å². The van der Waals surface area contributed by atoms with Crippen LogP contribution >= 0.6 is 0 Å². The molecule has 2 N–H and O–H groups in total. The predicted molar refractivity (Wildman–Crippen MR) is 73.6 cm³/mol. The van der Waals surface area contributed by atoms with Crippen LogP contribution in [0.1, 0.15) is 43.1 Å². The van der Waals surface area contributed by atoms with E-state index in [4.69, 9.17) is 10.5 Å². The second kappa shape index (κ2) is 6.55. The molecule has 0 aliphatic rings. The maximum Gasteiger partial charge on any atom is 0.338 e. The normalized spacial score (nSPS) is 11.3. The predicted octanol–water partition coefficient (Wildman–Crippen LogP) is 2.78. The molecule has 0 radical (unpaired) electrons. The zero-order valence-corrected chi connectivity index (χ0v) is 11.5. The van der Waals surface area contributed by atoms with Gasteiger partial charge in [-0.25, -0.2) is 4.79 Å². The zero-order chi connectivity index (χ0) is 13.6. The Morgan fingerprint density at radius 2 is 1.94 bits per heavy atom. The fourth-order valence-electron chi connectivity index (χ4n) is 1.62. The molecule has 0 bridgehead atoms. The van der Waals surface area contributed by atoms with Gasteiger partial charge in [0.05, 0.1) is 12.2 Å². The van der Waals surface area contributed by atoms with Gasteiger partial charge in [0.25, 0.3) is 0 Å². The Bertz CT molecular complexity index is 394. The van der Waals surface area contributed by atoms with Crippen molar-refractivity contribution in [2.24, 2.45) is 11.1 Å². The second-order valence-electron chi connectivity index (χ2n) is 5.64. The average Bonchev–Trinajstić information content (AvgIpc) is 2.28. The zero-order valence-electron chi connectivity index (χ0n) is 11.5. The van der Waals surface area contributed by atoms with Gasteiger partial charge >= 0.3 is 5.97 Å². The maximum absolute atomic E-state index is 12.0. The van der Waals surface area contributed by atoms with Crippen LogP contribution in [0.15, 0.2) is 24.3 Å². The number of rotatable bonds is 5. The summed E-state index contributed by atoms with van der Waals surface area (Å²) in [4.78, 5) is 12.0. The summed E-state index contributed by atoms with van der Waals surface area (Å²) in [6.07, 6.45) is 1.56. The number of ether oxygens (including phenoxy) is 1. The van der Waals surface area contributed by atoms with E-state index < -0.39 is 0 Å². The number of hydrogen-bond acceptors (Lipinski definition) is 3. The number of benzene rings is 1. The number of carbonyl (C=O) groups is 1. The molecule has 1 rings (SSSR count). The largest absolute Gasteiger partial charge is 0.462 e. The molecule has 3 nitrogen and oxygen atoms in total. The van der Waals surface area contributed by atoms with Crippen molar-refractivity contribution in [1.29, 1.82) is 0 Å². The molecule has 0 heterocycles. The van der Waals surface area contributed by atoms with E-state index in [9.17, 15) is 4.79 Å². The minimum atomic E-state index is -0.247. The summed E-state index contributed by atoms with van der Waals surface area (Å²) in [6.45, 7) is 7.38. The summed E-state index contributed by atoms with van der Waals surface area (Å²) in [5, 5.41) is 0. The first-order valence-corrected chi connectivity index (χ1v) is 6.39. The van der Waals surface area contributed by atoms with Crippen molar-refractivity contribution in [3.8, 4) is 0 Å². The highest BCUT2D eigenvalue weighted by molar-refractivity contribution is 5.91. The second-order valence-corrected chi connectivity index (χ2v) is 5.64. The first-order valence-electron chi connectivity index (χ1n) is 6.39. The minimum Gasteiger partial charge on any atom is -0.462 e. The molecule has 1 aromatic rings. The van der Waals surface area contributed by atoms with Crippen molar-refractivity contribution in [3.63, 3.8) is 0 Å². The summed E-state index contributed by atoms with van der Waals surface area (Å²) in [6, 6.07) is 7.48. The van der Waals surface area contributed by atoms with Crippen LogP contribution < -0.4 is 5.73 Å². The van der Waals surface area contributed by atoms with E-state index >= 15 is 0 Å². The van der Waals surface area contributed by atoms with E-state index in [0.29, 0.717) is 25.1 Å². The van der Waals surface area contributed by atoms with Crippen molar-refractivity contribution >= 4 is 5.97 Å². The van der Waals surface area contributed by atoms with E-state index in [-0.39, 0.29) is 11.4 Å². The third-order valence-corrected chi connectivity index (χ3v) is 2.74. The number of carbonyl (C=O) groups excluding carboxylic acids is 1. The Morgan fingerprint density at radius 3 is 2.56 bits per heavy atom. The van der Waals surface area contributed by atoms with Gasteiger partial charge in [-0.1, -0.05) is 39.0 Å². The summed E-state index contributed by atoms with van der Waals surface area (Å²) in [7, 11) is 0. The molecular weight excluding hydrogens is 226 g/mol. The third-order valence-electron chi connectivity index (χ3n) is 2.74. The van der Waals surface area contributed by atoms with Crippen molar-refractivity contribution in [2.75, 3.05) is 13.2 Å². The summed E-state index contributed by atoms with van der Waals surface area (Å²) < 4.78 is 5.31. The summed E-state index contributed by atoms with van der Waals surface area (Å²) >= 11 is 0. The van der Waals surface area contributed by atoms with Gasteiger partial charge in [0.15, 0.2) is 0 Å². The van der Waals surface area contributed by atoms with Crippen LogP contribution in [0.2, 0.25) is 0 Å². The van der Waals surface area contributed by atoms with Crippen molar-refractivity contribution < 1.29 is 9.53 Å². The van der Waals surface area contributed by atoms with Crippen LogP contribution in [0.3, 0.4) is 0 Å². The summed E-state index contributed by atoms with van der Waals surface area (Å²) in [5.41, 5.74) is 7.31. The molecule has 0 amide bonds.